The molecule has 2 N–H and O–H groups in total. The van der Waals surface area contributed by atoms with Gasteiger partial charge in [-0.25, -0.2) is 0 Å². The van der Waals surface area contributed by atoms with Crippen molar-refractivity contribution in [3.8, 4) is 0 Å². The molecule has 1 aromatic rings. The SMILES string of the molecule is Nc1sc2c(c1C(=O)N1CCCC1)C1CCC2C1. The number of rotatable bonds is 1. The minimum Gasteiger partial charge on any atom is -0.390 e. The molecule has 2 aliphatic carbocycles. The molecular weight excluding hydrogens is 244 g/mol. The first kappa shape index (κ1) is 10.9. The summed E-state index contributed by atoms with van der Waals surface area (Å²) in [6, 6.07) is 0. The Kier molecular flexibility index (Phi) is 2.25. The zero-order valence-corrected chi connectivity index (χ0v) is 11.3. The maximum Gasteiger partial charge on any atom is 0.257 e. The molecular formula is C14H18N2OS. The minimum atomic E-state index is 0.204. The molecule has 0 aromatic carbocycles. The highest BCUT2D eigenvalue weighted by atomic mass is 32.1. The van der Waals surface area contributed by atoms with Crippen LogP contribution in [-0.4, -0.2) is 23.9 Å². The van der Waals surface area contributed by atoms with E-state index in [1.807, 2.05) is 4.90 Å². The van der Waals surface area contributed by atoms with Crippen LogP contribution in [-0.2, 0) is 0 Å². The average molecular weight is 262 g/mol. The summed E-state index contributed by atoms with van der Waals surface area (Å²) < 4.78 is 0. The lowest BCUT2D eigenvalue weighted by molar-refractivity contribution is 0.0793. The van der Waals surface area contributed by atoms with Crippen LogP contribution in [0.4, 0.5) is 5.00 Å². The van der Waals surface area contributed by atoms with Crippen molar-refractivity contribution in [1.82, 2.24) is 4.90 Å². The number of nitrogens with two attached hydrogens (primary N) is 1. The van der Waals surface area contributed by atoms with Gasteiger partial charge in [-0.1, -0.05) is 0 Å². The van der Waals surface area contributed by atoms with E-state index in [2.05, 4.69) is 0 Å². The molecule has 1 saturated carbocycles. The number of carbonyl (C=O) groups is 1. The Labute approximate surface area is 111 Å². The van der Waals surface area contributed by atoms with Crippen LogP contribution in [0.5, 0.6) is 0 Å². The van der Waals surface area contributed by atoms with Crippen molar-refractivity contribution in [2.24, 2.45) is 0 Å². The van der Waals surface area contributed by atoms with E-state index in [1.54, 1.807) is 11.3 Å². The number of thiophene rings is 1. The highest BCUT2D eigenvalue weighted by Crippen LogP contribution is 2.58. The lowest BCUT2D eigenvalue weighted by Gasteiger charge is -2.18. The first-order chi connectivity index (χ1) is 8.75. The second-order valence-corrected chi connectivity index (χ2v) is 6.91. The quantitative estimate of drug-likeness (QED) is 0.846. The fraction of sp³-hybridized carbons (Fsp3) is 0.643. The Balaban J connectivity index is 1.77. The third kappa shape index (κ3) is 1.32. The van der Waals surface area contributed by atoms with Crippen molar-refractivity contribution in [1.29, 1.82) is 0 Å². The number of amides is 1. The van der Waals surface area contributed by atoms with E-state index < -0.39 is 0 Å². The van der Waals surface area contributed by atoms with Crippen molar-refractivity contribution >= 4 is 22.2 Å². The van der Waals surface area contributed by atoms with Gasteiger partial charge in [-0.15, -0.1) is 11.3 Å². The Morgan fingerprint density at radius 2 is 1.94 bits per heavy atom. The number of hydrogen-bond donors (Lipinski definition) is 1. The maximum absolute atomic E-state index is 12.6. The minimum absolute atomic E-state index is 0.204. The Morgan fingerprint density at radius 1 is 1.22 bits per heavy atom. The van der Waals surface area contributed by atoms with Crippen molar-refractivity contribution in [2.45, 2.75) is 43.9 Å². The second-order valence-electron chi connectivity index (χ2n) is 5.83. The van der Waals surface area contributed by atoms with Crippen molar-refractivity contribution in [3.05, 3.63) is 16.0 Å². The monoisotopic (exact) mass is 262 g/mol. The van der Waals surface area contributed by atoms with Crippen molar-refractivity contribution in [2.75, 3.05) is 18.8 Å². The van der Waals surface area contributed by atoms with Gasteiger partial charge in [0.25, 0.3) is 5.91 Å². The molecule has 1 aliphatic heterocycles. The molecule has 3 aliphatic rings. The number of anilines is 1. The molecule has 2 fully saturated rings. The van der Waals surface area contributed by atoms with Crippen LogP contribution in [0.25, 0.3) is 0 Å². The van der Waals surface area contributed by atoms with Gasteiger partial charge in [-0.3, -0.25) is 4.79 Å². The van der Waals surface area contributed by atoms with Gasteiger partial charge in [0.1, 0.15) is 0 Å². The molecule has 18 heavy (non-hydrogen) atoms. The molecule has 2 atom stereocenters. The highest BCUT2D eigenvalue weighted by Gasteiger charge is 2.43. The molecule has 4 rings (SSSR count). The van der Waals surface area contributed by atoms with E-state index in [0.29, 0.717) is 11.8 Å². The molecule has 1 saturated heterocycles. The third-order valence-corrected chi connectivity index (χ3v) is 6.02. The van der Waals surface area contributed by atoms with Crippen LogP contribution in [0.2, 0.25) is 0 Å². The predicted octanol–water partition coefficient (Wildman–Crippen LogP) is 2.93. The molecule has 0 spiro atoms. The molecule has 1 amide bonds. The molecule has 2 bridgehead atoms. The number of likely N-dealkylation sites (tertiary alicyclic amines) is 1. The summed E-state index contributed by atoms with van der Waals surface area (Å²) in [6.45, 7) is 1.83. The number of nitrogen functional groups attached to an aromatic ring is 1. The number of fused-ring (bicyclic) bond motifs is 5. The van der Waals surface area contributed by atoms with Crippen LogP contribution < -0.4 is 5.73 Å². The number of nitrogens with zero attached hydrogens (tertiary/aromatic N) is 1. The molecule has 96 valence electrons. The van der Waals surface area contributed by atoms with E-state index in [1.165, 1.54) is 29.7 Å². The largest absolute Gasteiger partial charge is 0.390 e. The standard InChI is InChI=1S/C14H18N2OS/c15-13-11(14(17)16-5-1-2-6-16)10-8-3-4-9(7-8)12(10)18-13/h8-9H,1-7,15H2. The van der Waals surface area contributed by atoms with Crippen LogP contribution in [0, 0.1) is 0 Å². The lowest BCUT2D eigenvalue weighted by atomic mass is 9.94. The first-order valence-electron chi connectivity index (χ1n) is 6.97. The topological polar surface area (TPSA) is 46.3 Å². The van der Waals surface area contributed by atoms with E-state index in [0.717, 1.165) is 36.5 Å². The van der Waals surface area contributed by atoms with Gasteiger partial charge >= 0.3 is 0 Å². The summed E-state index contributed by atoms with van der Waals surface area (Å²) in [5, 5.41) is 0.772. The Morgan fingerprint density at radius 3 is 2.72 bits per heavy atom. The number of carbonyl (C=O) groups excluding carboxylic acids is 1. The van der Waals surface area contributed by atoms with Gasteiger partial charge in [0.15, 0.2) is 0 Å². The Hall–Kier alpha value is -1.03. The van der Waals surface area contributed by atoms with Crippen LogP contribution in [0.1, 0.15) is 64.7 Å². The maximum atomic E-state index is 12.6. The normalized spacial score (nSPS) is 29.0. The number of hydrogen-bond acceptors (Lipinski definition) is 3. The highest BCUT2D eigenvalue weighted by molar-refractivity contribution is 7.16. The van der Waals surface area contributed by atoms with Crippen LogP contribution >= 0.6 is 11.3 Å². The summed E-state index contributed by atoms with van der Waals surface area (Å²) in [5.41, 5.74) is 8.36. The van der Waals surface area contributed by atoms with Gasteiger partial charge < -0.3 is 10.6 Å². The molecule has 1 aromatic heterocycles. The molecule has 2 unspecified atom stereocenters. The summed E-state index contributed by atoms with van der Waals surface area (Å²) in [4.78, 5) is 16.0. The first-order valence-corrected chi connectivity index (χ1v) is 7.78. The summed E-state index contributed by atoms with van der Waals surface area (Å²) in [6.07, 6.45) is 6.11. The molecule has 4 heteroatoms. The van der Waals surface area contributed by atoms with E-state index >= 15 is 0 Å². The average Bonchev–Trinajstić information content (AvgIpc) is 3.10. The molecule has 0 radical (unpaired) electrons. The molecule has 2 heterocycles. The van der Waals surface area contributed by atoms with Gasteiger partial charge in [0.2, 0.25) is 0 Å². The van der Waals surface area contributed by atoms with Gasteiger partial charge in [-0.05, 0) is 49.5 Å². The van der Waals surface area contributed by atoms with Crippen molar-refractivity contribution in [3.63, 3.8) is 0 Å². The zero-order valence-electron chi connectivity index (χ0n) is 10.4. The summed E-state index contributed by atoms with van der Waals surface area (Å²) >= 11 is 1.68. The van der Waals surface area contributed by atoms with Crippen LogP contribution in [0.15, 0.2) is 0 Å². The fourth-order valence-corrected chi connectivity index (χ4v) is 5.27. The fourth-order valence-electron chi connectivity index (χ4n) is 3.97. The zero-order chi connectivity index (χ0) is 12.3. The van der Waals surface area contributed by atoms with E-state index in [9.17, 15) is 4.79 Å². The summed E-state index contributed by atoms with van der Waals surface area (Å²) in [5.74, 6) is 1.53. The molecule has 3 nitrogen and oxygen atoms in total. The second kappa shape index (κ2) is 3.73. The van der Waals surface area contributed by atoms with Crippen molar-refractivity contribution < 1.29 is 4.79 Å². The summed E-state index contributed by atoms with van der Waals surface area (Å²) in [7, 11) is 0. The Bertz CT molecular complexity index is 516. The van der Waals surface area contributed by atoms with Crippen LogP contribution in [0.3, 0.4) is 0 Å². The third-order valence-electron chi connectivity index (χ3n) is 4.82. The smallest absolute Gasteiger partial charge is 0.257 e. The van der Waals surface area contributed by atoms with E-state index in [-0.39, 0.29) is 5.91 Å². The van der Waals surface area contributed by atoms with E-state index in [4.69, 9.17) is 5.73 Å². The lowest BCUT2D eigenvalue weighted by Crippen LogP contribution is -2.28. The van der Waals surface area contributed by atoms with Gasteiger partial charge in [0, 0.05) is 18.0 Å². The van der Waals surface area contributed by atoms with Gasteiger partial charge in [0.05, 0.1) is 10.6 Å². The predicted molar refractivity (Wildman–Crippen MR) is 73.2 cm³/mol. The van der Waals surface area contributed by atoms with Gasteiger partial charge in [-0.2, -0.15) is 0 Å².